The summed E-state index contributed by atoms with van der Waals surface area (Å²) >= 11 is 7.51. The lowest BCUT2D eigenvalue weighted by Gasteiger charge is -2.64. The van der Waals surface area contributed by atoms with Crippen LogP contribution >= 0.6 is 11.6 Å². The minimum absolute atomic E-state index is 0.0849. The standard InChI is InChI=1S/C30H41ClO8/c1-6-7-8-13-37-26(36)39-30(25(35)17-38-19(3)32)18(2)14-23-22-10-9-20-15-21(33)11-12-27(20,4)29(22,31)24(34)16-28(23,30)5/h11-12,15,18,22-24,34H,6-10,13-14,16-17H2,1-5H3/t18-,22+,23+,24?,27+,28+,29+,30+/m1/s1. The van der Waals surface area contributed by atoms with E-state index in [1.807, 2.05) is 33.8 Å². The van der Waals surface area contributed by atoms with Crippen LogP contribution in [0, 0.1) is 28.6 Å². The molecule has 0 heterocycles. The van der Waals surface area contributed by atoms with Gasteiger partial charge in [0.1, 0.15) is 0 Å². The lowest BCUT2D eigenvalue weighted by molar-refractivity contribution is -0.187. The molecule has 0 bridgehead atoms. The number of aliphatic hydroxyl groups is 1. The van der Waals surface area contributed by atoms with Crippen molar-refractivity contribution in [2.75, 3.05) is 13.2 Å². The fourth-order valence-corrected chi connectivity index (χ4v) is 8.86. The van der Waals surface area contributed by atoms with Gasteiger partial charge < -0.3 is 19.3 Å². The second-order valence-corrected chi connectivity index (χ2v) is 12.9. The minimum Gasteiger partial charge on any atom is -0.458 e. The van der Waals surface area contributed by atoms with Crippen molar-refractivity contribution in [1.82, 2.24) is 0 Å². The number of fused-ring (bicyclic) bond motifs is 5. The zero-order chi connectivity index (χ0) is 28.8. The highest BCUT2D eigenvalue weighted by Gasteiger charge is 2.76. The quantitative estimate of drug-likeness (QED) is 0.246. The number of hydrogen-bond donors (Lipinski definition) is 1. The molecule has 4 aliphatic rings. The Labute approximate surface area is 235 Å². The third kappa shape index (κ3) is 4.46. The predicted octanol–water partition coefficient (Wildman–Crippen LogP) is 5.09. The van der Waals surface area contributed by atoms with E-state index in [2.05, 4.69) is 0 Å². The van der Waals surface area contributed by atoms with Crippen molar-refractivity contribution in [1.29, 1.82) is 0 Å². The molecule has 0 aromatic rings. The van der Waals surface area contributed by atoms with Gasteiger partial charge in [-0.15, -0.1) is 11.6 Å². The Morgan fingerprint density at radius 3 is 2.54 bits per heavy atom. The largest absolute Gasteiger partial charge is 0.509 e. The van der Waals surface area contributed by atoms with Gasteiger partial charge in [-0.1, -0.05) is 52.2 Å². The SMILES string of the molecule is CCCCCOC(=O)O[C@]1(C(=O)COC(C)=O)[C@H](C)C[C@H]2[C@@H]3CCC4=CC(=O)C=C[C@]4(C)[C@@]3(Cl)C(O)C[C@@]21C. The maximum absolute atomic E-state index is 13.9. The van der Waals surface area contributed by atoms with Crippen LogP contribution in [0.4, 0.5) is 4.79 Å². The summed E-state index contributed by atoms with van der Waals surface area (Å²) in [7, 11) is 0. The van der Waals surface area contributed by atoms with Crippen molar-refractivity contribution in [3.63, 3.8) is 0 Å². The first-order valence-corrected chi connectivity index (χ1v) is 14.5. The van der Waals surface area contributed by atoms with Crippen LogP contribution in [0.25, 0.3) is 0 Å². The number of unbranched alkanes of at least 4 members (excludes halogenated alkanes) is 2. The normalized spacial score (nSPS) is 40.6. The number of ether oxygens (including phenoxy) is 3. The smallest absolute Gasteiger partial charge is 0.458 e. The first kappa shape index (κ1) is 29.8. The Balaban J connectivity index is 1.74. The van der Waals surface area contributed by atoms with E-state index in [1.165, 1.54) is 13.0 Å². The first-order chi connectivity index (χ1) is 18.3. The molecule has 39 heavy (non-hydrogen) atoms. The summed E-state index contributed by atoms with van der Waals surface area (Å²) in [6.45, 7) is 8.58. The molecule has 0 saturated heterocycles. The minimum atomic E-state index is -1.68. The van der Waals surface area contributed by atoms with Crippen LogP contribution in [0.2, 0.25) is 0 Å². The molecule has 0 aromatic heterocycles. The zero-order valence-electron chi connectivity index (χ0n) is 23.6. The van der Waals surface area contributed by atoms with E-state index in [1.54, 1.807) is 6.08 Å². The maximum atomic E-state index is 13.9. The summed E-state index contributed by atoms with van der Waals surface area (Å²) in [5.41, 5.74) is -2.52. The zero-order valence-corrected chi connectivity index (χ0v) is 24.3. The average molecular weight is 565 g/mol. The van der Waals surface area contributed by atoms with Gasteiger partial charge in [0.05, 0.1) is 17.6 Å². The third-order valence-corrected chi connectivity index (χ3v) is 11.1. The summed E-state index contributed by atoms with van der Waals surface area (Å²) in [6.07, 6.45) is 7.32. The van der Waals surface area contributed by atoms with Crippen molar-refractivity contribution < 1.29 is 38.5 Å². The fraction of sp³-hybridized carbons (Fsp3) is 0.733. The molecule has 1 unspecified atom stereocenters. The number of hydrogen-bond acceptors (Lipinski definition) is 8. The molecule has 0 aliphatic heterocycles. The van der Waals surface area contributed by atoms with Crippen molar-refractivity contribution in [2.45, 2.75) is 96.1 Å². The Morgan fingerprint density at radius 2 is 1.87 bits per heavy atom. The summed E-state index contributed by atoms with van der Waals surface area (Å²) in [5.74, 6) is -2.10. The average Bonchev–Trinajstić information content (AvgIpc) is 3.08. The highest BCUT2D eigenvalue weighted by atomic mass is 35.5. The number of carbonyl (C=O) groups excluding carboxylic acids is 4. The van der Waals surface area contributed by atoms with E-state index < -0.39 is 57.8 Å². The van der Waals surface area contributed by atoms with Crippen molar-refractivity contribution in [2.24, 2.45) is 28.6 Å². The van der Waals surface area contributed by atoms with Gasteiger partial charge in [-0.25, -0.2) is 4.79 Å². The molecule has 8 nitrogen and oxygen atoms in total. The second-order valence-electron chi connectivity index (χ2n) is 12.2. The van der Waals surface area contributed by atoms with Crippen LogP contribution in [0.1, 0.15) is 79.6 Å². The molecule has 4 aliphatic carbocycles. The summed E-state index contributed by atoms with van der Waals surface area (Å²) < 4.78 is 16.5. The van der Waals surface area contributed by atoms with Gasteiger partial charge in [-0.2, -0.15) is 0 Å². The first-order valence-electron chi connectivity index (χ1n) is 14.1. The molecule has 1 N–H and O–H groups in total. The van der Waals surface area contributed by atoms with Crippen molar-refractivity contribution in [3.05, 3.63) is 23.8 Å². The van der Waals surface area contributed by atoms with Crippen LogP contribution < -0.4 is 0 Å². The van der Waals surface area contributed by atoms with E-state index >= 15 is 0 Å². The van der Waals surface area contributed by atoms with Crippen LogP contribution in [-0.2, 0) is 28.6 Å². The van der Waals surface area contributed by atoms with Gasteiger partial charge >= 0.3 is 12.1 Å². The van der Waals surface area contributed by atoms with Gasteiger partial charge in [0.15, 0.2) is 18.0 Å². The maximum Gasteiger partial charge on any atom is 0.509 e. The van der Waals surface area contributed by atoms with Gasteiger partial charge in [0, 0.05) is 23.7 Å². The van der Waals surface area contributed by atoms with Crippen LogP contribution in [0.15, 0.2) is 23.8 Å². The molecular formula is C30H41ClO8. The number of esters is 1. The molecule has 0 spiro atoms. The Kier molecular flexibility index (Phi) is 8.14. The molecule has 3 fully saturated rings. The number of alkyl halides is 1. The fourth-order valence-electron chi connectivity index (χ4n) is 8.34. The second kappa shape index (κ2) is 10.7. The number of aliphatic hydroxyl groups excluding tert-OH is 1. The van der Waals surface area contributed by atoms with Crippen molar-refractivity contribution >= 4 is 35.3 Å². The number of Topliss-reactive ketones (excluding diaryl/α,β-unsaturated/α-hetero) is 1. The lowest BCUT2D eigenvalue weighted by Crippen LogP contribution is -2.69. The third-order valence-electron chi connectivity index (χ3n) is 10.2. The highest BCUT2D eigenvalue weighted by molar-refractivity contribution is 6.26. The lowest BCUT2D eigenvalue weighted by atomic mass is 9.45. The van der Waals surface area contributed by atoms with Gasteiger partial charge in [0.2, 0.25) is 5.78 Å². The molecular weight excluding hydrogens is 524 g/mol. The van der Waals surface area contributed by atoms with E-state index in [4.69, 9.17) is 25.8 Å². The van der Waals surface area contributed by atoms with Gasteiger partial charge in [-0.05, 0) is 56.1 Å². The molecule has 9 heteroatoms. The van der Waals surface area contributed by atoms with E-state index in [9.17, 15) is 24.3 Å². The molecule has 216 valence electrons. The van der Waals surface area contributed by atoms with Crippen LogP contribution in [-0.4, -0.2) is 58.6 Å². The molecule has 0 amide bonds. The number of rotatable bonds is 8. The monoisotopic (exact) mass is 564 g/mol. The molecule has 8 atom stereocenters. The highest BCUT2D eigenvalue weighted by Crippen LogP contribution is 2.72. The summed E-state index contributed by atoms with van der Waals surface area (Å²) in [4.78, 5) is 49.6. The Morgan fingerprint density at radius 1 is 1.15 bits per heavy atom. The topological polar surface area (TPSA) is 116 Å². The summed E-state index contributed by atoms with van der Waals surface area (Å²) in [5, 5.41) is 11.9. The molecule has 0 aromatic carbocycles. The van der Waals surface area contributed by atoms with Gasteiger partial charge in [-0.3, -0.25) is 14.4 Å². The number of carbonyl (C=O) groups is 4. The van der Waals surface area contributed by atoms with Gasteiger partial charge in [0.25, 0.3) is 0 Å². The number of ketones is 2. The predicted molar refractivity (Wildman–Crippen MR) is 144 cm³/mol. The van der Waals surface area contributed by atoms with E-state index in [-0.39, 0.29) is 30.6 Å². The molecule has 3 saturated carbocycles. The van der Waals surface area contributed by atoms with E-state index in [0.717, 1.165) is 18.4 Å². The van der Waals surface area contributed by atoms with Crippen LogP contribution in [0.5, 0.6) is 0 Å². The Hall–Kier alpha value is -2.19. The van der Waals surface area contributed by atoms with Crippen LogP contribution in [0.3, 0.4) is 0 Å². The van der Waals surface area contributed by atoms with Crippen molar-refractivity contribution in [3.8, 4) is 0 Å². The summed E-state index contributed by atoms with van der Waals surface area (Å²) in [6, 6.07) is 0. The Bertz CT molecular complexity index is 1100. The number of halogens is 1. The molecule has 0 radical (unpaired) electrons. The van der Waals surface area contributed by atoms with E-state index in [0.29, 0.717) is 25.7 Å². The molecule has 4 rings (SSSR count). The number of allylic oxidation sites excluding steroid dienone is 4.